The van der Waals surface area contributed by atoms with E-state index < -0.39 is 0 Å². The lowest BCUT2D eigenvalue weighted by molar-refractivity contribution is 0.548. The summed E-state index contributed by atoms with van der Waals surface area (Å²) in [7, 11) is 2.22. The van der Waals surface area contributed by atoms with Crippen LogP contribution >= 0.6 is 0 Å². The highest BCUT2D eigenvalue weighted by molar-refractivity contribution is 5.74. The number of nitrogens with one attached hydrogen (secondary N) is 1. The van der Waals surface area contributed by atoms with Crippen molar-refractivity contribution in [3.8, 4) is 0 Å². The maximum Gasteiger partial charge on any atom is 0.0629 e. The zero-order valence-electron chi connectivity index (χ0n) is 9.51. The fourth-order valence-corrected chi connectivity index (χ4v) is 2.74. The number of hydrogen-bond acceptors (Lipinski definition) is 2. The molecule has 1 heterocycles. The maximum atomic E-state index is 3.61. The van der Waals surface area contributed by atoms with Crippen molar-refractivity contribution in [3.05, 3.63) is 23.8 Å². The van der Waals surface area contributed by atoms with Gasteiger partial charge in [0.2, 0.25) is 0 Å². The van der Waals surface area contributed by atoms with Crippen LogP contribution in [0.4, 0.5) is 11.4 Å². The van der Waals surface area contributed by atoms with Crippen molar-refractivity contribution >= 4 is 11.4 Å². The van der Waals surface area contributed by atoms with Crippen LogP contribution in [0.5, 0.6) is 0 Å². The Morgan fingerprint density at radius 1 is 1.33 bits per heavy atom. The average molecular weight is 202 g/mol. The molecule has 1 fully saturated rings. The molecule has 0 bridgehead atoms. The summed E-state index contributed by atoms with van der Waals surface area (Å²) in [6.07, 6.45) is 2.77. The summed E-state index contributed by atoms with van der Waals surface area (Å²) in [6.45, 7) is 4.55. The molecule has 0 amide bonds. The van der Waals surface area contributed by atoms with E-state index in [-0.39, 0.29) is 0 Å². The Morgan fingerprint density at radius 2 is 2.13 bits per heavy atom. The van der Waals surface area contributed by atoms with Gasteiger partial charge >= 0.3 is 0 Å². The molecule has 0 saturated heterocycles. The van der Waals surface area contributed by atoms with Crippen LogP contribution < -0.4 is 10.2 Å². The van der Waals surface area contributed by atoms with Crippen molar-refractivity contribution in [1.29, 1.82) is 0 Å². The highest BCUT2D eigenvalue weighted by Crippen LogP contribution is 2.49. The predicted molar refractivity (Wildman–Crippen MR) is 64.6 cm³/mol. The van der Waals surface area contributed by atoms with Gasteiger partial charge in [-0.25, -0.2) is 0 Å². The molecule has 1 N–H and O–H groups in total. The summed E-state index contributed by atoms with van der Waals surface area (Å²) in [4.78, 5) is 2.43. The van der Waals surface area contributed by atoms with Gasteiger partial charge < -0.3 is 10.2 Å². The predicted octanol–water partition coefficient (Wildman–Crippen LogP) is 2.64. The molecule has 3 rings (SSSR count). The Morgan fingerprint density at radius 3 is 2.87 bits per heavy atom. The van der Waals surface area contributed by atoms with Crippen LogP contribution in [0.25, 0.3) is 0 Å². The molecule has 0 radical (unpaired) electrons. The quantitative estimate of drug-likeness (QED) is 0.695. The Balaban J connectivity index is 2.03. The first-order valence-corrected chi connectivity index (χ1v) is 5.75. The van der Waals surface area contributed by atoms with E-state index in [1.165, 1.54) is 36.3 Å². The molecule has 1 spiro atoms. The van der Waals surface area contributed by atoms with E-state index >= 15 is 0 Å². The molecule has 0 atom stereocenters. The first-order chi connectivity index (χ1) is 7.20. The molecule has 2 aliphatic rings. The lowest BCUT2D eigenvalue weighted by Crippen LogP contribution is -2.27. The fourth-order valence-electron chi connectivity index (χ4n) is 2.74. The van der Waals surface area contributed by atoms with Gasteiger partial charge in [-0.1, -0.05) is 12.1 Å². The number of hydrogen-bond donors (Lipinski definition) is 1. The number of aryl methyl sites for hydroxylation is 1. The van der Waals surface area contributed by atoms with E-state index in [0.717, 1.165) is 6.54 Å². The maximum absolute atomic E-state index is 3.61. The molecule has 1 aliphatic carbocycles. The number of anilines is 2. The van der Waals surface area contributed by atoms with Crippen molar-refractivity contribution in [2.24, 2.45) is 5.41 Å². The van der Waals surface area contributed by atoms with Gasteiger partial charge in [-0.3, -0.25) is 0 Å². The van der Waals surface area contributed by atoms with E-state index in [4.69, 9.17) is 0 Å². The van der Waals surface area contributed by atoms with Crippen molar-refractivity contribution in [2.75, 3.05) is 30.4 Å². The minimum absolute atomic E-state index is 0.570. The van der Waals surface area contributed by atoms with Crippen LogP contribution in [-0.2, 0) is 0 Å². The van der Waals surface area contributed by atoms with E-state index in [2.05, 4.69) is 42.4 Å². The highest BCUT2D eigenvalue weighted by atomic mass is 15.2. The van der Waals surface area contributed by atoms with Crippen LogP contribution in [0, 0.1) is 12.3 Å². The molecule has 1 aromatic rings. The van der Waals surface area contributed by atoms with E-state index in [0.29, 0.717) is 5.41 Å². The molecule has 0 unspecified atom stereocenters. The van der Waals surface area contributed by atoms with Gasteiger partial charge in [0.25, 0.3) is 0 Å². The van der Waals surface area contributed by atoms with Crippen molar-refractivity contribution in [1.82, 2.24) is 0 Å². The third-order valence-corrected chi connectivity index (χ3v) is 3.80. The molecule has 2 nitrogen and oxygen atoms in total. The molecule has 2 heteroatoms. The molecule has 80 valence electrons. The van der Waals surface area contributed by atoms with E-state index in [1.807, 2.05) is 0 Å². The zero-order chi connectivity index (χ0) is 10.5. The Labute approximate surface area is 91.3 Å². The summed E-state index contributed by atoms with van der Waals surface area (Å²) in [6, 6.07) is 6.53. The smallest absolute Gasteiger partial charge is 0.0629 e. The summed E-state index contributed by atoms with van der Waals surface area (Å²) in [5, 5.41) is 3.61. The number of nitrogens with zero attached hydrogens (tertiary/aromatic N) is 1. The van der Waals surface area contributed by atoms with Crippen LogP contribution in [0.3, 0.4) is 0 Å². The van der Waals surface area contributed by atoms with Crippen molar-refractivity contribution in [2.45, 2.75) is 19.8 Å². The number of benzene rings is 1. The van der Waals surface area contributed by atoms with Gasteiger partial charge in [0.05, 0.1) is 11.4 Å². The number of rotatable bonds is 0. The molecule has 1 aliphatic heterocycles. The summed E-state index contributed by atoms with van der Waals surface area (Å²) >= 11 is 0. The van der Waals surface area contributed by atoms with Gasteiger partial charge in [-0.15, -0.1) is 0 Å². The molecule has 1 aromatic carbocycles. The van der Waals surface area contributed by atoms with Crippen molar-refractivity contribution in [3.63, 3.8) is 0 Å². The molecular weight excluding hydrogens is 184 g/mol. The van der Waals surface area contributed by atoms with Gasteiger partial charge in [0.15, 0.2) is 0 Å². The Hall–Kier alpha value is -1.18. The Bertz CT molecular complexity index is 394. The second-order valence-electron chi connectivity index (χ2n) is 5.18. The third kappa shape index (κ3) is 1.39. The zero-order valence-corrected chi connectivity index (χ0v) is 9.51. The van der Waals surface area contributed by atoms with Crippen LogP contribution in [0.15, 0.2) is 18.2 Å². The minimum Gasteiger partial charge on any atom is -0.383 e. The standard InChI is InChI=1S/C13H18N2/c1-10-4-3-5-11-12(10)15(2)9-13(6-7-13)8-14-11/h3-5,14H,6-9H2,1-2H3. The average Bonchev–Trinajstić information content (AvgIpc) is 2.96. The van der Waals surface area contributed by atoms with Crippen LogP contribution in [0.2, 0.25) is 0 Å². The largest absolute Gasteiger partial charge is 0.383 e. The monoisotopic (exact) mass is 202 g/mol. The van der Waals surface area contributed by atoms with E-state index in [1.54, 1.807) is 0 Å². The summed E-state index contributed by atoms with van der Waals surface area (Å²) in [5.74, 6) is 0. The summed E-state index contributed by atoms with van der Waals surface area (Å²) in [5.41, 5.74) is 4.64. The molecule has 1 saturated carbocycles. The number of fused-ring (bicyclic) bond motifs is 1. The first kappa shape index (κ1) is 9.08. The van der Waals surface area contributed by atoms with Gasteiger partial charge in [-0.2, -0.15) is 0 Å². The highest BCUT2D eigenvalue weighted by Gasteiger charge is 2.44. The van der Waals surface area contributed by atoms with Gasteiger partial charge in [0, 0.05) is 25.6 Å². The van der Waals surface area contributed by atoms with E-state index in [9.17, 15) is 0 Å². The normalized spacial score (nSPS) is 21.9. The summed E-state index contributed by atoms with van der Waals surface area (Å²) < 4.78 is 0. The molecule has 15 heavy (non-hydrogen) atoms. The van der Waals surface area contributed by atoms with Crippen LogP contribution in [0.1, 0.15) is 18.4 Å². The molecular formula is C13H18N2. The first-order valence-electron chi connectivity index (χ1n) is 5.75. The van der Waals surface area contributed by atoms with Gasteiger partial charge in [-0.05, 0) is 31.4 Å². The second-order valence-corrected chi connectivity index (χ2v) is 5.18. The SMILES string of the molecule is Cc1cccc2c1N(C)CC1(CC1)CN2. The minimum atomic E-state index is 0.570. The lowest BCUT2D eigenvalue weighted by atomic mass is 10.1. The lowest BCUT2D eigenvalue weighted by Gasteiger charge is -2.23. The topological polar surface area (TPSA) is 15.3 Å². The van der Waals surface area contributed by atoms with Gasteiger partial charge in [0.1, 0.15) is 0 Å². The van der Waals surface area contributed by atoms with Crippen LogP contribution in [-0.4, -0.2) is 20.1 Å². The number of para-hydroxylation sites is 1. The second kappa shape index (κ2) is 2.91. The molecule has 0 aromatic heterocycles. The van der Waals surface area contributed by atoms with Crippen molar-refractivity contribution < 1.29 is 0 Å². The Kier molecular flexibility index (Phi) is 1.76. The fraction of sp³-hybridized carbons (Fsp3) is 0.538. The third-order valence-electron chi connectivity index (χ3n) is 3.80.